The van der Waals surface area contributed by atoms with Crippen LogP contribution in [0.3, 0.4) is 0 Å². The topological polar surface area (TPSA) is 47.6 Å². The molecule has 0 radical (unpaired) electrons. The summed E-state index contributed by atoms with van der Waals surface area (Å²) >= 11 is 0. The highest BCUT2D eigenvalue weighted by atomic mass is 32.2. The number of methoxy groups -OCH3 is 2. The van der Waals surface area contributed by atoms with Crippen molar-refractivity contribution in [3.05, 3.63) is 29.3 Å². The third kappa shape index (κ3) is 3.84. The van der Waals surface area contributed by atoms with Gasteiger partial charge in [0, 0.05) is 29.7 Å². The second kappa shape index (κ2) is 7.92. The average Bonchev–Trinajstić information content (AvgIpc) is 2.88. The molecule has 1 aliphatic rings. The molecular weight excluding hydrogens is 286 g/mol. The Morgan fingerprint density at radius 2 is 2.19 bits per heavy atom. The van der Waals surface area contributed by atoms with E-state index in [1.807, 2.05) is 6.07 Å². The van der Waals surface area contributed by atoms with Gasteiger partial charge in [-0.3, -0.25) is 4.21 Å². The SMILES string of the molecule is CCCNC1c2cc(OC)ccc2CC1S(=O)CCOC. The molecule has 0 saturated carbocycles. The van der Waals surface area contributed by atoms with E-state index in [4.69, 9.17) is 9.47 Å². The fourth-order valence-corrected chi connectivity index (χ4v) is 4.36. The number of fused-ring (bicyclic) bond motifs is 1. The molecule has 0 spiro atoms. The number of ether oxygens (including phenoxy) is 2. The summed E-state index contributed by atoms with van der Waals surface area (Å²) < 4.78 is 23.0. The van der Waals surface area contributed by atoms with Crippen LogP contribution in [0.1, 0.15) is 30.5 Å². The lowest BCUT2D eigenvalue weighted by molar-refractivity contribution is 0.217. The first-order valence-corrected chi connectivity index (χ1v) is 8.85. The van der Waals surface area contributed by atoms with Crippen molar-refractivity contribution in [2.24, 2.45) is 0 Å². The van der Waals surface area contributed by atoms with Gasteiger partial charge in [0.15, 0.2) is 0 Å². The third-order valence-corrected chi connectivity index (χ3v) is 5.60. The highest BCUT2D eigenvalue weighted by Crippen LogP contribution is 2.36. The molecule has 1 aliphatic carbocycles. The summed E-state index contributed by atoms with van der Waals surface area (Å²) in [5.41, 5.74) is 2.51. The first-order chi connectivity index (χ1) is 10.2. The van der Waals surface area contributed by atoms with E-state index in [2.05, 4.69) is 24.4 Å². The molecule has 0 bridgehead atoms. The minimum absolute atomic E-state index is 0.119. The summed E-state index contributed by atoms with van der Waals surface area (Å²) in [4.78, 5) is 0. The van der Waals surface area contributed by atoms with E-state index in [0.29, 0.717) is 12.4 Å². The molecule has 0 aromatic heterocycles. The van der Waals surface area contributed by atoms with E-state index in [1.165, 1.54) is 11.1 Å². The van der Waals surface area contributed by atoms with Crippen LogP contribution in [0.5, 0.6) is 5.75 Å². The molecule has 0 saturated heterocycles. The first-order valence-electron chi connectivity index (χ1n) is 7.47. The molecule has 5 heteroatoms. The molecule has 0 heterocycles. The molecule has 21 heavy (non-hydrogen) atoms. The zero-order chi connectivity index (χ0) is 15.2. The van der Waals surface area contributed by atoms with Crippen molar-refractivity contribution in [2.45, 2.75) is 31.1 Å². The molecule has 1 N–H and O–H groups in total. The maximum atomic E-state index is 12.6. The Hall–Kier alpha value is -0.910. The summed E-state index contributed by atoms with van der Waals surface area (Å²) in [5, 5.41) is 3.68. The molecular formula is C16H25NO3S. The normalized spacial score (nSPS) is 22.0. The monoisotopic (exact) mass is 311 g/mol. The van der Waals surface area contributed by atoms with Gasteiger partial charge in [0.05, 0.1) is 19.0 Å². The summed E-state index contributed by atoms with van der Waals surface area (Å²) in [7, 11) is 2.44. The number of rotatable bonds is 8. The number of hydrogen-bond acceptors (Lipinski definition) is 4. The Morgan fingerprint density at radius 1 is 1.38 bits per heavy atom. The van der Waals surface area contributed by atoms with Crippen LogP contribution >= 0.6 is 0 Å². The molecule has 118 valence electrons. The van der Waals surface area contributed by atoms with Crippen molar-refractivity contribution >= 4 is 10.8 Å². The number of nitrogens with one attached hydrogen (secondary N) is 1. The summed E-state index contributed by atoms with van der Waals surface area (Å²) in [6.45, 7) is 3.62. The lowest BCUT2D eigenvalue weighted by Crippen LogP contribution is -2.34. The van der Waals surface area contributed by atoms with Crippen molar-refractivity contribution in [2.75, 3.05) is 33.1 Å². The molecule has 4 nitrogen and oxygen atoms in total. The van der Waals surface area contributed by atoms with Gasteiger partial charge in [0.2, 0.25) is 0 Å². The van der Waals surface area contributed by atoms with Crippen LogP contribution in [-0.2, 0) is 22.0 Å². The zero-order valence-electron chi connectivity index (χ0n) is 13.1. The molecule has 3 atom stereocenters. The Labute approximate surface area is 129 Å². The van der Waals surface area contributed by atoms with E-state index < -0.39 is 10.8 Å². The lowest BCUT2D eigenvalue weighted by Gasteiger charge is -2.21. The van der Waals surface area contributed by atoms with Gasteiger partial charge in [-0.15, -0.1) is 0 Å². The van der Waals surface area contributed by atoms with Gasteiger partial charge >= 0.3 is 0 Å². The van der Waals surface area contributed by atoms with Gasteiger partial charge < -0.3 is 14.8 Å². The highest BCUT2D eigenvalue weighted by molar-refractivity contribution is 7.85. The standard InChI is InChI=1S/C16H25NO3S/c1-4-7-17-16-14-11-13(20-3)6-5-12(14)10-15(16)21(18)9-8-19-2/h5-6,11,15-17H,4,7-10H2,1-3H3. The summed E-state index contributed by atoms with van der Waals surface area (Å²) in [5.74, 6) is 1.46. The molecule has 1 aromatic rings. The van der Waals surface area contributed by atoms with E-state index in [1.54, 1.807) is 14.2 Å². The summed E-state index contributed by atoms with van der Waals surface area (Å²) in [6.07, 6.45) is 1.92. The van der Waals surface area contributed by atoms with Crippen LogP contribution in [0.2, 0.25) is 0 Å². The van der Waals surface area contributed by atoms with Crippen molar-refractivity contribution < 1.29 is 13.7 Å². The van der Waals surface area contributed by atoms with Gasteiger partial charge in [-0.05, 0) is 42.6 Å². The third-order valence-electron chi connectivity index (χ3n) is 3.92. The van der Waals surface area contributed by atoms with Crippen molar-refractivity contribution in [3.8, 4) is 5.75 Å². The minimum Gasteiger partial charge on any atom is -0.497 e. The lowest BCUT2D eigenvalue weighted by atomic mass is 10.1. The van der Waals surface area contributed by atoms with Gasteiger partial charge in [-0.2, -0.15) is 0 Å². The maximum Gasteiger partial charge on any atom is 0.119 e. The van der Waals surface area contributed by atoms with Gasteiger partial charge in [0.25, 0.3) is 0 Å². The maximum absolute atomic E-state index is 12.6. The first kappa shape index (κ1) is 16.5. The predicted octanol–water partition coefficient (Wildman–Crippen LogP) is 2.06. The van der Waals surface area contributed by atoms with Crippen molar-refractivity contribution in [1.82, 2.24) is 5.32 Å². The Morgan fingerprint density at radius 3 is 2.86 bits per heavy atom. The van der Waals surface area contributed by atoms with Gasteiger partial charge in [-0.25, -0.2) is 0 Å². The Balaban J connectivity index is 2.21. The zero-order valence-corrected chi connectivity index (χ0v) is 13.9. The molecule has 0 amide bonds. The molecule has 0 fully saturated rings. The molecule has 2 rings (SSSR count). The summed E-state index contributed by atoms with van der Waals surface area (Å²) in [6, 6.07) is 6.31. The molecule has 0 aliphatic heterocycles. The Bertz CT molecular complexity index is 492. The fraction of sp³-hybridized carbons (Fsp3) is 0.625. The minimum atomic E-state index is -0.892. The smallest absolute Gasteiger partial charge is 0.119 e. The highest BCUT2D eigenvalue weighted by Gasteiger charge is 2.36. The van der Waals surface area contributed by atoms with E-state index in [0.717, 1.165) is 25.1 Å². The molecule has 3 unspecified atom stereocenters. The van der Waals surface area contributed by atoms with E-state index in [9.17, 15) is 4.21 Å². The largest absolute Gasteiger partial charge is 0.497 e. The quantitative estimate of drug-likeness (QED) is 0.798. The predicted molar refractivity (Wildman–Crippen MR) is 86.4 cm³/mol. The fourth-order valence-electron chi connectivity index (χ4n) is 2.81. The second-order valence-electron chi connectivity index (χ2n) is 5.32. The van der Waals surface area contributed by atoms with Crippen LogP contribution in [0.4, 0.5) is 0 Å². The molecule has 1 aromatic carbocycles. The van der Waals surface area contributed by atoms with E-state index >= 15 is 0 Å². The van der Waals surface area contributed by atoms with Crippen molar-refractivity contribution in [1.29, 1.82) is 0 Å². The number of benzene rings is 1. The van der Waals surface area contributed by atoms with Gasteiger partial charge in [0.1, 0.15) is 5.75 Å². The van der Waals surface area contributed by atoms with Crippen LogP contribution in [-0.4, -0.2) is 42.6 Å². The van der Waals surface area contributed by atoms with Crippen LogP contribution in [0.15, 0.2) is 18.2 Å². The average molecular weight is 311 g/mol. The second-order valence-corrected chi connectivity index (χ2v) is 7.09. The van der Waals surface area contributed by atoms with Crippen LogP contribution in [0, 0.1) is 0 Å². The Kier molecular flexibility index (Phi) is 6.21. The van der Waals surface area contributed by atoms with Crippen molar-refractivity contribution in [3.63, 3.8) is 0 Å². The van der Waals surface area contributed by atoms with Crippen LogP contribution < -0.4 is 10.1 Å². The van der Waals surface area contributed by atoms with Gasteiger partial charge in [-0.1, -0.05) is 13.0 Å². The number of hydrogen-bond donors (Lipinski definition) is 1. The van der Waals surface area contributed by atoms with E-state index in [-0.39, 0.29) is 11.3 Å². The van der Waals surface area contributed by atoms with Crippen LogP contribution in [0.25, 0.3) is 0 Å².